The molecular formula is C18H28N2O3. The Labute approximate surface area is 139 Å². The highest BCUT2D eigenvalue weighted by Crippen LogP contribution is 2.33. The second-order valence-electron chi connectivity index (χ2n) is 6.13. The standard InChI is InChI=1S/C18H28N2O3/c1-5-6-8-19(2)13-18(21)20-9-7-14-10-16(22-3)17(23-4)11-15(14)12-20/h10-11H,5-9,12-13H2,1-4H3. The summed E-state index contributed by atoms with van der Waals surface area (Å²) in [6, 6.07) is 4.03. The van der Waals surface area contributed by atoms with Gasteiger partial charge in [-0.3, -0.25) is 9.69 Å². The molecule has 0 fully saturated rings. The zero-order valence-corrected chi connectivity index (χ0v) is 14.7. The van der Waals surface area contributed by atoms with Crippen molar-refractivity contribution in [1.82, 2.24) is 9.80 Å². The van der Waals surface area contributed by atoms with Crippen LogP contribution in [-0.2, 0) is 17.8 Å². The van der Waals surface area contributed by atoms with Gasteiger partial charge in [0.05, 0.1) is 20.8 Å². The third-order valence-corrected chi connectivity index (χ3v) is 4.37. The van der Waals surface area contributed by atoms with Gasteiger partial charge in [-0.05, 0) is 49.7 Å². The van der Waals surface area contributed by atoms with Crippen LogP contribution in [-0.4, -0.2) is 56.6 Å². The van der Waals surface area contributed by atoms with E-state index in [9.17, 15) is 4.79 Å². The molecule has 0 saturated carbocycles. The first-order valence-electron chi connectivity index (χ1n) is 8.29. The number of fused-ring (bicyclic) bond motifs is 1. The van der Waals surface area contributed by atoms with Crippen molar-refractivity contribution in [3.05, 3.63) is 23.3 Å². The Morgan fingerprint density at radius 2 is 1.87 bits per heavy atom. The summed E-state index contributed by atoms with van der Waals surface area (Å²) in [5, 5.41) is 0. The van der Waals surface area contributed by atoms with Gasteiger partial charge in [0.15, 0.2) is 11.5 Å². The molecule has 1 aliphatic rings. The fourth-order valence-corrected chi connectivity index (χ4v) is 2.93. The van der Waals surface area contributed by atoms with Gasteiger partial charge in [0.2, 0.25) is 5.91 Å². The van der Waals surface area contributed by atoms with Crippen molar-refractivity contribution < 1.29 is 14.3 Å². The van der Waals surface area contributed by atoms with Crippen LogP contribution >= 0.6 is 0 Å². The molecule has 1 heterocycles. The number of hydrogen-bond acceptors (Lipinski definition) is 4. The van der Waals surface area contributed by atoms with Crippen molar-refractivity contribution in [2.45, 2.75) is 32.7 Å². The summed E-state index contributed by atoms with van der Waals surface area (Å²) in [7, 11) is 5.30. The monoisotopic (exact) mass is 320 g/mol. The molecule has 0 unspecified atom stereocenters. The fourth-order valence-electron chi connectivity index (χ4n) is 2.93. The number of amides is 1. The Morgan fingerprint density at radius 1 is 1.22 bits per heavy atom. The van der Waals surface area contributed by atoms with Gasteiger partial charge < -0.3 is 14.4 Å². The molecule has 1 aromatic carbocycles. The van der Waals surface area contributed by atoms with Crippen LogP contribution in [0.3, 0.4) is 0 Å². The SMILES string of the molecule is CCCCN(C)CC(=O)N1CCc2cc(OC)c(OC)cc2C1. The van der Waals surface area contributed by atoms with Crippen LogP contribution in [0.15, 0.2) is 12.1 Å². The van der Waals surface area contributed by atoms with Crippen LogP contribution in [0.4, 0.5) is 0 Å². The third-order valence-electron chi connectivity index (χ3n) is 4.37. The summed E-state index contributed by atoms with van der Waals surface area (Å²) in [6.45, 7) is 5.04. The van der Waals surface area contributed by atoms with Crippen LogP contribution in [0.2, 0.25) is 0 Å². The topological polar surface area (TPSA) is 42.0 Å². The van der Waals surface area contributed by atoms with Crippen molar-refractivity contribution in [3.8, 4) is 11.5 Å². The maximum Gasteiger partial charge on any atom is 0.237 e. The number of benzene rings is 1. The summed E-state index contributed by atoms with van der Waals surface area (Å²) in [6.07, 6.45) is 3.14. The Hall–Kier alpha value is -1.75. The molecule has 0 radical (unpaired) electrons. The van der Waals surface area contributed by atoms with E-state index in [2.05, 4.69) is 11.8 Å². The number of methoxy groups -OCH3 is 2. The molecule has 1 aliphatic heterocycles. The van der Waals surface area contributed by atoms with Crippen molar-refractivity contribution >= 4 is 5.91 Å². The predicted molar refractivity (Wildman–Crippen MR) is 91.1 cm³/mol. The van der Waals surface area contributed by atoms with Gasteiger partial charge in [0.1, 0.15) is 0 Å². The van der Waals surface area contributed by atoms with E-state index in [0.29, 0.717) is 13.1 Å². The van der Waals surface area contributed by atoms with E-state index < -0.39 is 0 Å². The molecular weight excluding hydrogens is 292 g/mol. The van der Waals surface area contributed by atoms with E-state index in [4.69, 9.17) is 9.47 Å². The molecule has 0 spiro atoms. The van der Waals surface area contributed by atoms with Crippen LogP contribution in [0.5, 0.6) is 11.5 Å². The molecule has 23 heavy (non-hydrogen) atoms. The molecule has 0 saturated heterocycles. The highest BCUT2D eigenvalue weighted by atomic mass is 16.5. The number of carbonyl (C=O) groups is 1. The Balaban J connectivity index is 2.03. The number of rotatable bonds is 7. The first kappa shape index (κ1) is 17.6. The van der Waals surface area contributed by atoms with Crippen LogP contribution in [0.1, 0.15) is 30.9 Å². The number of ether oxygens (including phenoxy) is 2. The number of nitrogens with zero attached hydrogens (tertiary/aromatic N) is 2. The highest BCUT2D eigenvalue weighted by molar-refractivity contribution is 5.78. The lowest BCUT2D eigenvalue weighted by atomic mass is 9.98. The first-order valence-corrected chi connectivity index (χ1v) is 8.29. The van der Waals surface area contributed by atoms with E-state index in [-0.39, 0.29) is 5.91 Å². The van der Waals surface area contributed by atoms with Gasteiger partial charge in [-0.15, -0.1) is 0 Å². The number of likely N-dealkylation sites (N-methyl/N-ethyl adjacent to an activating group) is 1. The molecule has 2 rings (SSSR count). The molecule has 0 aliphatic carbocycles. The average molecular weight is 320 g/mol. The summed E-state index contributed by atoms with van der Waals surface area (Å²) in [4.78, 5) is 16.5. The Bertz CT molecular complexity index is 545. The van der Waals surface area contributed by atoms with Gasteiger partial charge in [-0.25, -0.2) is 0 Å². The van der Waals surface area contributed by atoms with Crippen molar-refractivity contribution in [1.29, 1.82) is 0 Å². The molecule has 1 amide bonds. The predicted octanol–water partition coefficient (Wildman–Crippen LogP) is 2.32. The maximum absolute atomic E-state index is 12.5. The molecule has 5 heteroatoms. The van der Waals surface area contributed by atoms with Crippen molar-refractivity contribution in [3.63, 3.8) is 0 Å². The Kier molecular flexibility index (Phi) is 6.28. The molecule has 0 bridgehead atoms. The fraction of sp³-hybridized carbons (Fsp3) is 0.611. The van der Waals surface area contributed by atoms with Crippen LogP contribution in [0, 0.1) is 0 Å². The molecule has 0 atom stereocenters. The maximum atomic E-state index is 12.5. The molecule has 0 aromatic heterocycles. The van der Waals surface area contributed by atoms with Gasteiger partial charge in [0, 0.05) is 13.1 Å². The van der Waals surface area contributed by atoms with Crippen LogP contribution in [0.25, 0.3) is 0 Å². The quantitative estimate of drug-likeness (QED) is 0.773. The van der Waals surface area contributed by atoms with Crippen molar-refractivity contribution in [2.75, 3.05) is 40.9 Å². The zero-order valence-electron chi connectivity index (χ0n) is 14.7. The second kappa shape index (κ2) is 8.20. The molecule has 0 N–H and O–H groups in total. The summed E-state index contributed by atoms with van der Waals surface area (Å²) >= 11 is 0. The molecule has 128 valence electrons. The minimum atomic E-state index is 0.198. The molecule has 5 nitrogen and oxygen atoms in total. The highest BCUT2D eigenvalue weighted by Gasteiger charge is 2.23. The number of hydrogen-bond donors (Lipinski definition) is 0. The third kappa shape index (κ3) is 4.38. The van der Waals surface area contributed by atoms with Crippen molar-refractivity contribution in [2.24, 2.45) is 0 Å². The lowest BCUT2D eigenvalue weighted by molar-refractivity contribution is -0.133. The minimum absolute atomic E-state index is 0.198. The summed E-state index contributed by atoms with van der Waals surface area (Å²) < 4.78 is 10.7. The lowest BCUT2D eigenvalue weighted by Crippen LogP contribution is -2.41. The van der Waals surface area contributed by atoms with E-state index >= 15 is 0 Å². The Morgan fingerprint density at radius 3 is 2.48 bits per heavy atom. The number of unbranched alkanes of at least 4 members (excludes halogenated alkanes) is 1. The first-order chi connectivity index (χ1) is 11.1. The van der Waals surface area contributed by atoms with Gasteiger partial charge in [0.25, 0.3) is 0 Å². The second-order valence-corrected chi connectivity index (χ2v) is 6.13. The largest absolute Gasteiger partial charge is 0.493 e. The molecule has 1 aromatic rings. The lowest BCUT2D eigenvalue weighted by Gasteiger charge is -2.31. The summed E-state index contributed by atoms with van der Waals surface area (Å²) in [5.74, 6) is 1.68. The summed E-state index contributed by atoms with van der Waals surface area (Å²) in [5.41, 5.74) is 2.39. The zero-order chi connectivity index (χ0) is 16.8. The van der Waals surface area contributed by atoms with Gasteiger partial charge in [-0.2, -0.15) is 0 Å². The van der Waals surface area contributed by atoms with E-state index in [1.54, 1.807) is 14.2 Å². The normalized spacial score (nSPS) is 13.9. The number of carbonyl (C=O) groups excluding carboxylic acids is 1. The van der Waals surface area contributed by atoms with E-state index in [1.165, 1.54) is 5.56 Å². The van der Waals surface area contributed by atoms with Gasteiger partial charge >= 0.3 is 0 Å². The minimum Gasteiger partial charge on any atom is -0.493 e. The van der Waals surface area contributed by atoms with E-state index in [1.807, 2.05) is 24.1 Å². The van der Waals surface area contributed by atoms with Gasteiger partial charge in [-0.1, -0.05) is 13.3 Å². The van der Waals surface area contributed by atoms with E-state index in [0.717, 1.165) is 49.4 Å². The smallest absolute Gasteiger partial charge is 0.237 e. The van der Waals surface area contributed by atoms with Crippen LogP contribution < -0.4 is 9.47 Å². The average Bonchev–Trinajstić information content (AvgIpc) is 2.57.